The first-order valence-electron chi connectivity index (χ1n) is 9.06. The summed E-state index contributed by atoms with van der Waals surface area (Å²) in [6, 6.07) is 6.43. The zero-order valence-electron chi connectivity index (χ0n) is 15.6. The van der Waals surface area contributed by atoms with Gasteiger partial charge in [-0.1, -0.05) is 37.6 Å². The number of aromatic amines is 1. The molecule has 3 aromatic rings. The normalized spacial score (nSPS) is 15.3. The smallest absolute Gasteiger partial charge is 0.303 e. The molecule has 0 spiro atoms. The molecule has 6 heteroatoms. The number of thiazole rings is 1. The van der Waals surface area contributed by atoms with Crippen molar-refractivity contribution in [1.82, 2.24) is 14.5 Å². The number of H-pyrrole nitrogens is 1. The first-order valence-corrected chi connectivity index (χ1v) is 9.87. The highest BCUT2D eigenvalue weighted by Gasteiger charge is 2.29. The molecule has 0 aliphatic heterocycles. The number of nitrogens with zero attached hydrogens (tertiary/aromatic N) is 2. The summed E-state index contributed by atoms with van der Waals surface area (Å²) in [4.78, 5) is 32.8. The molecule has 0 radical (unpaired) electrons. The number of hydrogen-bond donors (Lipinski definition) is 1. The minimum atomic E-state index is -0.413. The van der Waals surface area contributed by atoms with E-state index in [-0.39, 0.29) is 11.5 Å². The summed E-state index contributed by atoms with van der Waals surface area (Å²) >= 11 is 1.62. The first kappa shape index (κ1) is 17.7. The van der Waals surface area contributed by atoms with Crippen LogP contribution < -0.4 is 11.2 Å². The predicted molar refractivity (Wildman–Crippen MR) is 109 cm³/mol. The van der Waals surface area contributed by atoms with Crippen molar-refractivity contribution in [1.29, 1.82) is 0 Å². The number of aromatic nitrogens is 3. The fraction of sp³-hybridized carbons (Fsp3) is 0.286. The molecule has 1 atom stereocenters. The van der Waals surface area contributed by atoms with Gasteiger partial charge in [0.05, 0.1) is 21.5 Å². The van der Waals surface area contributed by atoms with Crippen LogP contribution in [0.5, 0.6) is 0 Å². The maximum absolute atomic E-state index is 12.7. The molecular weight excluding hydrogens is 358 g/mol. The van der Waals surface area contributed by atoms with Crippen molar-refractivity contribution in [2.45, 2.75) is 32.6 Å². The molecule has 0 saturated heterocycles. The molecule has 1 N–H and O–H groups in total. The van der Waals surface area contributed by atoms with Crippen LogP contribution in [0.15, 0.2) is 34.0 Å². The molecule has 1 unspecified atom stereocenters. The van der Waals surface area contributed by atoms with E-state index in [1.807, 2.05) is 6.92 Å². The summed E-state index contributed by atoms with van der Waals surface area (Å²) in [6.07, 6.45) is 7.94. The zero-order valence-corrected chi connectivity index (χ0v) is 16.4. The van der Waals surface area contributed by atoms with Crippen molar-refractivity contribution in [3.63, 3.8) is 0 Å². The molecule has 1 aliphatic rings. The van der Waals surface area contributed by atoms with E-state index in [1.165, 1.54) is 10.1 Å². The van der Waals surface area contributed by atoms with Gasteiger partial charge in [0.1, 0.15) is 0 Å². The van der Waals surface area contributed by atoms with Crippen molar-refractivity contribution in [3.8, 4) is 0 Å². The average molecular weight is 379 g/mol. The lowest BCUT2D eigenvalue weighted by Crippen LogP contribution is -2.32. The summed E-state index contributed by atoms with van der Waals surface area (Å²) in [7, 11) is 1.65. The van der Waals surface area contributed by atoms with Crippen LogP contribution in [0.1, 0.15) is 57.1 Å². The number of nitrogens with one attached hydrogen (secondary N) is 1. The fourth-order valence-electron chi connectivity index (χ4n) is 3.68. The van der Waals surface area contributed by atoms with Crippen LogP contribution in [0.25, 0.3) is 12.2 Å². The molecular formula is C21H21N3O2S. The second kappa shape index (κ2) is 6.78. The Bertz CT molecular complexity index is 1170. The van der Waals surface area contributed by atoms with Gasteiger partial charge >= 0.3 is 5.69 Å². The largest absolute Gasteiger partial charge is 0.328 e. The summed E-state index contributed by atoms with van der Waals surface area (Å²) in [5, 5.41) is 0.960. The lowest BCUT2D eigenvalue weighted by atomic mass is 9.86. The molecule has 1 aliphatic carbocycles. The van der Waals surface area contributed by atoms with Crippen LogP contribution >= 0.6 is 11.3 Å². The van der Waals surface area contributed by atoms with E-state index in [0.717, 1.165) is 39.5 Å². The quantitative estimate of drug-likeness (QED) is 0.593. The predicted octanol–water partition coefficient (Wildman–Crippen LogP) is 3.46. The molecule has 0 fully saturated rings. The Kier molecular flexibility index (Phi) is 4.44. The first-order chi connectivity index (χ1) is 13.0. The van der Waals surface area contributed by atoms with Crippen molar-refractivity contribution >= 4 is 23.5 Å². The average Bonchev–Trinajstić information content (AvgIpc) is 2.93. The van der Waals surface area contributed by atoms with Crippen LogP contribution in [0.4, 0.5) is 0 Å². The summed E-state index contributed by atoms with van der Waals surface area (Å²) < 4.78 is 1.42. The second-order valence-corrected chi connectivity index (χ2v) is 8.15. The van der Waals surface area contributed by atoms with E-state index >= 15 is 0 Å². The van der Waals surface area contributed by atoms with E-state index in [9.17, 15) is 9.59 Å². The minimum absolute atomic E-state index is 0.304. The zero-order chi connectivity index (χ0) is 19.1. The third-order valence-corrected chi connectivity index (χ3v) is 5.88. The number of hydrogen-bond acceptors (Lipinski definition) is 4. The van der Waals surface area contributed by atoms with Crippen LogP contribution in [0.3, 0.4) is 0 Å². The Labute approximate surface area is 161 Å². The lowest BCUT2D eigenvalue weighted by molar-refractivity contribution is 0.759. The Hall–Kier alpha value is -2.73. The van der Waals surface area contributed by atoms with Gasteiger partial charge in [-0.25, -0.2) is 9.78 Å². The third kappa shape index (κ3) is 3.10. The molecule has 2 heterocycles. The van der Waals surface area contributed by atoms with E-state index in [0.29, 0.717) is 5.56 Å². The van der Waals surface area contributed by atoms with Crippen molar-refractivity contribution in [3.05, 3.63) is 83.1 Å². The number of fused-ring (bicyclic) bond motifs is 2. The van der Waals surface area contributed by atoms with Gasteiger partial charge in [0.25, 0.3) is 5.56 Å². The van der Waals surface area contributed by atoms with Crippen LogP contribution in [0, 0.1) is 6.92 Å². The lowest BCUT2D eigenvalue weighted by Gasteiger charge is -2.18. The van der Waals surface area contributed by atoms with Gasteiger partial charge < -0.3 is 4.57 Å². The topological polar surface area (TPSA) is 67.8 Å². The van der Waals surface area contributed by atoms with Crippen LogP contribution in [-0.2, 0) is 13.5 Å². The summed E-state index contributed by atoms with van der Waals surface area (Å²) in [5.74, 6) is -0.304. The minimum Gasteiger partial charge on any atom is -0.303 e. The van der Waals surface area contributed by atoms with Gasteiger partial charge in [0.2, 0.25) is 0 Å². The number of benzene rings is 1. The molecule has 0 saturated carbocycles. The van der Waals surface area contributed by atoms with E-state index in [2.05, 4.69) is 42.3 Å². The highest BCUT2D eigenvalue weighted by molar-refractivity contribution is 7.12. The Balaban J connectivity index is 2.00. The Morgan fingerprint density at radius 3 is 2.81 bits per heavy atom. The fourth-order valence-corrected chi connectivity index (χ4v) is 4.54. The molecule has 1 aromatic carbocycles. The van der Waals surface area contributed by atoms with Gasteiger partial charge in [0, 0.05) is 18.8 Å². The van der Waals surface area contributed by atoms with Crippen molar-refractivity contribution in [2.24, 2.45) is 7.05 Å². The molecule has 0 bridgehead atoms. The number of rotatable bonds is 3. The highest BCUT2D eigenvalue weighted by atomic mass is 32.1. The van der Waals surface area contributed by atoms with Crippen molar-refractivity contribution < 1.29 is 0 Å². The monoisotopic (exact) mass is 379 g/mol. The maximum atomic E-state index is 12.7. The molecule has 138 valence electrons. The molecule has 0 amide bonds. The molecule has 5 nitrogen and oxygen atoms in total. The second-order valence-electron chi connectivity index (χ2n) is 6.92. The van der Waals surface area contributed by atoms with Gasteiger partial charge in [0.15, 0.2) is 0 Å². The summed E-state index contributed by atoms with van der Waals surface area (Å²) in [6.45, 7) is 4.14. The van der Waals surface area contributed by atoms with E-state index in [1.54, 1.807) is 24.6 Å². The SMILES string of the molecule is CCCc1ccc2c(c1)C=Cc1sc(C)nc1C2c1cn(C)c(=O)[nH]c1=O. The van der Waals surface area contributed by atoms with Crippen molar-refractivity contribution in [2.75, 3.05) is 0 Å². The Morgan fingerprint density at radius 2 is 2.04 bits per heavy atom. The van der Waals surface area contributed by atoms with E-state index in [4.69, 9.17) is 4.98 Å². The molecule has 2 aromatic heterocycles. The highest BCUT2D eigenvalue weighted by Crippen LogP contribution is 2.39. The van der Waals surface area contributed by atoms with Gasteiger partial charge in [-0.3, -0.25) is 9.78 Å². The van der Waals surface area contributed by atoms with Gasteiger partial charge in [-0.2, -0.15) is 0 Å². The van der Waals surface area contributed by atoms with Gasteiger partial charge in [-0.05, 0) is 36.1 Å². The maximum Gasteiger partial charge on any atom is 0.328 e. The van der Waals surface area contributed by atoms with Crippen LogP contribution in [-0.4, -0.2) is 14.5 Å². The molecule has 27 heavy (non-hydrogen) atoms. The third-order valence-electron chi connectivity index (χ3n) is 4.92. The Morgan fingerprint density at radius 1 is 1.22 bits per heavy atom. The van der Waals surface area contributed by atoms with E-state index < -0.39 is 5.69 Å². The standard InChI is InChI=1S/C21H21N3O2S/c1-4-5-13-6-8-15-14(10-13)7-9-17-19(22-12(2)27-17)18(15)16-11-24(3)21(26)23-20(16)25/h6-11,18H,4-5H2,1-3H3,(H,23,25,26). The molecule has 4 rings (SSSR count). The van der Waals surface area contributed by atoms with Crippen LogP contribution in [0.2, 0.25) is 0 Å². The van der Waals surface area contributed by atoms with Gasteiger partial charge in [-0.15, -0.1) is 11.3 Å². The summed E-state index contributed by atoms with van der Waals surface area (Å²) in [5.41, 5.74) is 4.07. The number of aryl methyl sites for hydroxylation is 3.